The van der Waals surface area contributed by atoms with Gasteiger partial charge >= 0.3 is 0 Å². The van der Waals surface area contributed by atoms with E-state index in [0.717, 1.165) is 112 Å². The van der Waals surface area contributed by atoms with E-state index in [-0.39, 0.29) is 48.7 Å². The third kappa shape index (κ3) is 19.1. The van der Waals surface area contributed by atoms with E-state index >= 15 is 0 Å². The van der Waals surface area contributed by atoms with E-state index in [0.29, 0.717) is 11.4 Å². The average molecular weight is 1740 g/mol. The van der Waals surface area contributed by atoms with Gasteiger partial charge in [-0.1, -0.05) is 132 Å². The second kappa shape index (κ2) is 36.6. The number of ketones is 1. The first kappa shape index (κ1) is 82.8. The number of aromatic nitrogens is 3. The first-order valence-corrected chi connectivity index (χ1v) is 37.6. The van der Waals surface area contributed by atoms with Crippen molar-refractivity contribution in [2.75, 3.05) is 10.6 Å². The molecule has 2 amide bonds. The molecule has 2 N–H and O–H groups in total. The van der Waals surface area contributed by atoms with Gasteiger partial charge in [0, 0.05) is 77.8 Å². The number of anilines is 2. The molecule has 0 bridgehead atoms. The van der Waals surface area contributed by atoms with Gasteiger partial charge < -0.3 is 10.6 Å². The Bertz CT molecular complexity index is 5050. The van der Waals surface area contributed by atoms with Gasteiger partial charge in [0.25, 0.3) is 11.8 Å². The minimum atomic E-state index is -0.158. The van der Waals surface area contributed by atoms with Crippen LogP contribution >= 0.6 is 22.6 Å². The Hall–Kier alpha value is -8.86. The summed E-state index contributed by atoms with van der Waals surface area (Å²) in [5.41, 5.74) is 44.1. The predicted octanol–water partition coefficient (Wildman–Crippen LogP) is 22.8. The van der Waals surface area contributed by atoms with Gasteiger partial charge in [-0.05, 0) is 328 Å². The molecule has 3 aromatic heterocycles. The monoisotopic (exact) mass is 1740 g/mol. The van der Waals surface area contributed by atoms with Crippen LogP contribution in [0.5, 0.6) is 0 Å². The molecule has 13 rings (SSSR count). The summed E-state index contributed by atoms with van der Waals surface area (Å²) in [4.78, 5) is 56.7. The molecule has 2 aliphatic carbocycles. The van der Waals surface area contributed by atoms with Crippen molar-refractivity contribution in [2.24, 2.45) is 4.99 Å². The van der Waals surface area contributed by atoms with E-state index in [2.05, 4.69) is 204 Å². The van der Waals surface area contributed by atoms with Gasteiger partial charge in [0.15, 0.2) is 0 Å². The van der Waals surface area contributed by atoms with Crippen molar-refractivity contribution in [3.63, 3.8) is 0 Å². The van der Waals surface area contributed by atoms with E-state index in [9.17, 15) is 14.4 Å². The largest absolute Gasteiger partial charge is 0.322 e. The molecule has 106 heavy (non-hydrogen) atoms. The molecule has 0 fully saturated rings. The Morgan fingerprint density at radius 2 is 0.858 bits per heavy atom. The van der Waals surface area contributed by atoms with Gasteiger partial charge in [-0.3, -0.25) is 29.3 Å². The van der Waals surface area contributed by atoms with Gasteiger partial charge in [-0.2, -0.15) is 12.5 Å². The zero-order valence-corrected chi connectivity index (χ0v) is 72.6. The first-order valence-electron chi connectivity index (χ1n) is 36.6. The standard InChI is InChI=1S/C25H28N2O.C25H26N2.C19H21NO.C15H15NO.C11H14I.U/c1-16-13-22(12-11-21-14-17(2)18(3)19(4)20(21)5)24(26-15-16)25(28)27-23-9-7-6-8-10-23;1-15-13-20-11-12-22-18(4)16(2)17(3)19(5)23(22)25(24(20)26-14-15)27-21-9-7-6-8-10-21;1-10-8-15-6-7-16-13(4)11(2)12(3)14(5)17(16)19(21)18(15)20-9-10;1-11-8-9-14(12(2)10-11)15(17)16-13-6-4-3-5-7-13;1-6-7(2)9(4)11(12)10(5)8(6)3;/h6-10,13-15H,11-12H2,1-5H3,(H,27,28);6-10,13-14H,11-12H2,1-5H3;8-9H,6-7H2,1-5H3;3-10H,1-2H3,(H,16,17);4H2,1-3,5H3;/q;;;;-1;. The van der Waals surface area contributed by atoms with Crippen LogP contribution in [-0.4, -0.2) is 38.3 Å². The molecule has 8 aromatic carbocycles. The number of nitrogens with zero attached hydrogens (tertiary/aromatic N) is 4. The molecule has 0 spiro atoms. The van der Waals surface area contributed by atoms with Crippen LogP contribution in [0.15, 0.2) is 157 Å². The van der Waals surface area contributed by atoms with Crippen LogP contribution < -0.4 is 10.6 Å². The molecule has 544 valence electrons. The Kier molecular flexibility index (Phi) is 28.6. The fourth-order valence-corrected chi connectivity index (χ4v) is 15.1. The molecule has 0 saturated heterocycles. The zero-order valence-electron chi connectivity index (χ0n) is 66.3. The van der Waals surface area contributed by atoms with Crippen LogP contribution in [-0.2, 0) is 38.5 Å². The number of pyridine rings is 3. The number of aryl methyl sites for hydroxylation is 10. The number of fused-ring (bicyclic) bond motifs is 4. The molecule has 0 atom stereocenters. The molecule has 0 radical (unpaired) electrons. The number of hydrogen-bond donors (Lipinski definition) is 2. The quantitative estimate of drug-likeness (QED) is 0.115. The van der Waals surface area contributed by atoms with Crippen LogP contribution in [0.4, 0.5) is 17.1 Å². The summed E-state index contributed by atoms with van der Waals surface area (Å²) in [5, 5.41) is 5.83. The number of nitrogens with one attached hydrogen (secondary N) is 2. The number of benzene rings is 8. The topological polar surface area (TPSA) is 126 Å². The van der Waals surface area contributed by atoms with E-state index in [1.807, 2.05) is 131 Å². The molecule has 0 aliphatic heterocycles. The number of carbonyl (C=O) groups is 3. The number of para-hydroxylation sites is 3. The summed E-state index contributed by atoms with van der Waals surface area (Å²) in [6.07, 6.45) is 11.1. The van der Waals surface area contributed by atoms with Crippen LogP contribution in [0.25, 0.3) is 0 Å². The molecule has 3 heterocycles. The van der Waals surface area contributed by atoms with Crippen molar-refractivity contribution in [3.05, 3.63) is 352 Å². The SMILES string of the molecule is Cc1ccc(C(=O)Nc2ccccc2)c(C)c1.Cc1cnc(C(=O)Nc2ccccc2)c(CCc2cc(C)c(C)c(C)c2C)c1.Cc1cnc2c(c1)CCc1c(C)c(C)c(C)c(C)c1C2=Nc1ccccc1.Cc1cnc2c(c1)CCc1c(C)c(C)c(C)c(C)c1C2=O.[CH2-]c1c(C)c(C)c(C)c(C)c1I.[U]. The van der Waals surface area contributed by atoms with E-state index in [4.69, 9.17) is 9.98 Å². The van der Waals surface area contributed by atoms with Crippen LogP contribution in [0.1, 0.15) is 204 Å². The van der Waals surface area contributed by atoms with Gasteiger partial charge in [0.05, 0.1) is 17.1 Å². The summed E-state index contributed by atoms with van der Waals surface area (Å²) >= 11 is 2.37. The number of aliphatic imine (C=N–C) groups is 1. The first-order chi connectivity index (χ1) is 49.9. The second-order valence-corrected chi connectivity index (χ2v) is 30.0. The summed E-state index contributed by atoms with van der Waals surface area (Å²) in [6.45, 7) is 49.0. The third-order valence-electron chi connectivity index (χ3n) is 22.0. The molecule has 11 heteroatoms. The number of amides is 2. The Morgan fingerprint density at radius 3 is 1.42 bits per heavy atom. The van der Waals surface area contributed by atoms with Crippen LogP contribution in [0.2, 0.25) is 0 Å². The summed E-state index contributed by atoms with van der Waals surface area (Å²) < 4.78 is 1.31. The third-order valence-corrected chi connectivity index (χ3v) is 23.5. The molecule has 11 aromatic rings. The Balaban J connectivity index is 0.000000171. The number of halogens is 1. The van der Waals surface area contributed by atoms with Gasteiger partial charge in [-0.15, -0.1) is 33.7 Å². The summed E-state index contributed by atoms with van der Waals surface area (Å²) in [5.74, 6) is -0.121. The fourth-order valence-electron chi connectivity index (χ4n) is 14.3. The fraction of sp³-hybridized carbons (Fsp3) is 0.284. The number of hydrogen-bond acceptors (Lipinski definition) is 7. The second-order valence-electron chi connectivity index (χ2n) is 28.9. The van der Waals surface area contributed by atoms with Crippen LogP contribution in [0, 0.1) is 187 Å². The normalized spacial score (nSPS) is 12.1. The van der Waals surface area contributed by atoms with E-state index in [1.54, 1.807) is 12.4 Å². The van der Waals surface area contributed by atoms with E-state index < -0.39 is 0 Å². The average Bonchev–Trinajstić information content (AvgIpc) is 1.51. The van der Waals surface area contributed by atoms with Crippen molar-refractivity contribution in [1.82, 2.24) is 15.0 Å². The maximum absolute atomic E-state index is 13.0. The predicted molar refractivity (Wildman–Crippen MR) is 448 cm³/mol. The van der Waals surface area contributed by atoms with Crippen molar-refractivity contribution < 1.29 is 45.5 Å². The maximum Gasteiger partial charge on any atom is 0.274 e. The summed E-state index contributed by atoms with van der Waals surface area (Å²) in [7, 11) is 0. The van der Waals surface area contributed by atoms with E-state index in [1.165, 1.54) is 132 Å². The number of carbonyl (C=O) groups excluding carboxylic acids is 3. The Labute approximate surface area is 669 Å². The summed E-state index contributed by atoms with van der Waals surface area (Å²) in [6, 6.07) is 43.8. The molecule has 0 unspecified atom stereocenters. The smallest absolute Gasteiger partial charge is 0.274 e. The molecule has 9 nitrogen and oxygen atoms in total. The van der Waals surface area contributed by atoms with Crippen LogP contribution in [0.3, 0.4) is 0 Å². The van der Waals surface area contributed by atoms with Crippen molar-refractivity contribution in [2.45, 2.75) is 184 Å². The Morgan fingerprint density at radius 1 is 0.415 bits per heavy atom. The molecular weight excluding hydrogens is 1640 g/mol. The van der Waals surface area contributed by atoms with Gasteiger partial charge in [0.1, 0.15) is 11.4 Å². The zero-order chi connectivity index (χ0) is 76.4. The molecular formula is C95H104IN6O3U-. The number of rotatable bonds is 8. The van der Waals surface area contributed by atoms with Crippen molar-refractivity contribution in [3.8, 4) is 0 Å². The van der Waals surface area contributed by atoms with Crippen molar-refractivity contribution >= 4 is 63.0 Å². The minimum Gasteiger partial charge on any atom is -0.322 e. The van der Waals surface area contributed by atoms with Gasteiger partial charge in [-0.25, -0.2) is 4.99 Å². The minimum absolute atomic E-state index is 0. The van der Waals surface area contributed by atoms with Gasteiger partial charge in [0.2, 0.25) is 5.78 Å². The molecule has 0 saturated carbocycles. The maximum atomic E-state index is 13.0. The van der Waals surface area contributed by atoms with Crippen molar-refractivity contribution in [1.29, 1.82) is 0 Å². The molecule has 2 aliphatic rings.